The van der Waals surface area contributed by atoms with Crippen LogP contribution in [0.1, 0.15) is 37.8 Å². The molecule has 3 rings (SSSR count). The summed E-state index contributed by atoms with van der Waals surface area (Å²) in [6.07, 6.45) is 2.61. The van der Waals surface area contributed by atoms with E-state index in [0.29, 0.717) is 5.92 Å². The number of benzene rings is 2. The van der Waals surface area contributed by atoms with Gasteiger partial charge >= 0.3 is 5.97 Å². The van der Waals surface area contributed by atoms with Crippen LogP contribution in [0, 0.1) is 5.92 Å². The van der Waals surface area contributed by atoms with Crippen LogP contribution >= 0.6 is 11.8 Å². The first-order chi connectivity index (χ1) is 11.0. The molecule has 2 nitrogen and oxygen atoms in total. The standard InChI is InChI=1S/C20H22O2S/c1-13(2)7-10-19(20(21)22)23-16-8-9-18-15(12-16)11-14-5-3-4-6-17(14)18/h3-6,8-9,12-13,19H,7,10-11H2,1-2H3,(H,21,22). The van der Waals surface area contributed by atoms with Crippen molar-refractivity contribution in [1.82, 2.24) is 0 Å². The molecule has 1 atom stereocenters. The molecule has 1 aliphatic rings. The number of aliphatic carboxylic acids is 1. The highest BCUT2D eigenvalue weighted by Gasteiger charge is 2.22. The predicted octanol–water partition coefficient (Wildman–Crippen LogP) is 5.24. The summed E-state index contributed by atoms with van der Waals surface area (Å²) < 4.78 is 0. The first-order valence-electron chi connectivity index (χ1n) is 8.15. The molecule has 2 aromatic rings. The molecule has 0 bridgehead atoms. The average molecular weight is 326 g/mol. The lowest BCUT2D eigenvalue weighted by Gasteiger charge is -2.14. The van der Waals surface area contributed by atoms with Gasteiger partial charge in [-0.1, -0.05) is 44.2 Å². The van der Waals surface area contributed by atoms with Crippen LogP contribution in [0.15, 0.2) is 47.4 Å². The molecule has 0 heterocycles. The monoisotopic (exact) mass is 326 g/mol. The van der Waals surface area contributed by atoms with Crippen LogP contribution in [-0.2, 0) is 11.2 Å². The molecule has 2 aromatic carbocycles. The van der Waals surface area contributed by atoms with Crippen molar-refractivity contribution in [2.75, 3.05) is 0 Å². The second-order valence-corrected chi connectivity index (χ2v) is 7.84. The van der Waals surface area contributed by atoms with Crippen molar-refractivity contribution in [3.63, 3.8) is 0 Å². The molecule has 120 valence electrons. The van der Waals surface area contributed by atoms with Gasteiger partial charge in [-0.25, -0.2) is 0 Å². The van der Waals surface area contributed by atoms with E-state index in [9.17, 15) is 9.90 Å². The van der Waals surface area contributed by atoms with Gasteiger partial charge in [0.2, 0.25) is 0 Å². The number of carbonyl (C=O) groups is 1. The Bertz CT molecular complexity index is 721. The van der Waals surface area contributed by atoms with Crippen LogP contribution in [0.2, 0.25) is 0 Å². The van der Waals surface area contributed by atoms with Crippen molar-refractivity contribution < 1.29 is 9.90 Å². The van der Waals surface area contributed by atoms with E-state index in [1.165, 1.54) is 34.0 Å². The Morgan fingerprint density at radius 2 is 1.83 bits per heavy atom. The summed E-state index contributed by atoms with van der Waals surface area (Å²) in [5.74, 6) is -0.175. The second kappa shape index (κ2) is 6.79. The lowest BCUT2D eigenvalue weighted by molar-refractivity contribution is -0.136. The Hall–Kier alpha value is -1.74. The van der Waals surface area contributed by atoms with Crippen molar-refractivity contribution in [2.45, 2.75) is 43.3 Å². The SMILES string of the molecule is CC(C)CCC(Sc1ccc2c(c1)Cc1ccccc1-2)C(=O)O. The smallest absolute Gasteiger partial charge is 0.316 e. The van der Waals surface area contributed by atoms with Crippen molar-refractivity contribution in [2.24, 2.45) is 5.92 Å². The summed E-state index contributed by atoms with van der Waals surface area (Å²) in [7, 11) is 0. The summed E-state index contributed by atoms with van der Waals surface area (Å²) >= 11 is 1.48. The van der Waals surface area contributed by atoms with E-state index in [1.54, 1.807) is 0 Å². The maximum absolute atomic E-state index is 11.5. The summed E-state index contributed by atoms with van der Waals surface area (Å²) in [4.78, 5) is 12.6. The zero-order valence-corrected chi connectivity index (χ0v) is 14.4. The molecular weight excluding hydrogens is 304 g/mol. The maximum atomic E-state index is 11.5. The van der Waals surface area contributed by atoms with Crippen LogP contribution < -0.4 is 0 Å². The van der Waals surface area contributed by atoms with Crippen LogP contribution in [0.25, 0.3) is 11.1 Å². The molecule has 0 saturated heterocycles. The molecular formula is C20H22O2S. The Morgan fingerprint density at radius 1 is 1.09 bits per heavy atom. The first-order valence-corrected chi connectivity index (χ1v) is 9.03. The van der Waals surface area contributed by atoms with Gasteiger partial charge in [0.15, 0.2) is 0 Å². The minimum absolute atomic E-state index is 0.362. The fourth-order valence-electron chi connectivity index (χ4n) is 3.08. The fourth-order valence-corrected chi connectivity index (χ4v) is 4.12. The van der Waals surface area contributed by atoms with Gasteiger partial charge in [0.1, 0.15) is 5.25 Å². The minimum Gasteiger partial charge on any atom is -0.480 e. The maximum Gasteiger partial charge on any atom is 0.316 e. The number of thioether (sulfide) groups is 1. The molecule has 1 N–H and O–H groups in total. The molecule has 0 radical (unpaired) electrons. The zero-order valence-electron chi connectivity index (χ0n) is 13.6. The normalized spacial score (nSPS) is 13.7. The summed E-state index contributed by atoms with van der Waals surface area (Å²) in [6.45, 7) is 4.27. The summed E-state index contributed by atoms with van der Waals surface area (Å²) in [5.41, 5.74) is 5.27. The quantitative estimate of drug-likeness (QED) is 0.629. The van der Waals surface area contributed by atoms with Crippen molar-refractivity contribution in [1.29, 1.82) is 0 Å². The highest BCUT2D eigenvalue weighted by atomic mass is 32.2. The molecule has 0 spiro atoms. The number of fused-ring (bicyclic) bond motifs is 3. The summed E-state index contributed by atoms with van der Waals surface area (Å²) in [5, 5.41) is 9.10. The van der Waals surface area contributed by atoms with E-state index in [4.69, 9.17) is 0 Å². The number of hydrogen-bond donors (Lipinski definition) is 1. The molecule has 1 unspecified atom stereocenters. The Labute approximate surface area is 141 Å². The van der Waals surface area contributed by atoms with E-state index in [1.807, 2.05) is 0 Å². The zero-order chi connectivity index (χ0) is 16.4. The molecule has 23 heavy (non-hydrogen) atoms. The number of carboxylic acids is 1. The third-order valence-electron chi connectivity index (χ3n) is 4.33. The highest BCUT2D eigenvalue weighted by molar-refractivity contribution is 8.00. The van der Waals surface area contributed by atoms with Gasteiger partial charge in [-0.2, -0.15) is 0 Å². The topological polar surface area (TPSA) is 37.3 Å². The minimum atomic E-state index is -0.709. The molecule has 0 aliphatic heterocycles. The van der Waals surface area contributed by atoms with Gasteiger partial charge in [0, 0.05) is 4.90 Å². The first kappa shape index (κ1) is 16.1. The Balaban J connectivity index is 1.77. The van der Waals surface area contributed by atoms with Gasteiger partial charge in [-0.3, -0.25) is 4.79 Å². The number of carboxylic acid groups (broad SMARTS) is 1. The van der Waals surface area contributed by atoms with Crippen LogP contribution in [-0.4, -0.2) is 16.3 Å². The van der Waals surface area contributed by atoms with Gasteiger partial charge in [0.05, 0.1) is 0 Å². The van der Waals surface area contributed by atoms with Gasteiger partial charge in [-0.05, 0) is 59.6 Å². The van der Waals surface area contributed by atoms with Crippen molar-refractivity contribution in [3.05, 3.63) is 53.6 Å². The molecule has 3 heteroatoms. The molecule has 0 aromatic heterocycles. The third-order valence-corrected chi connectivity index (χ3v) is 5.57. The van der Waals surface area contributed by atoms with Gasteiger partial charge in [0.25, 0.3) is 0 Å². The van der Waals surface area contributed by atoms with Crippen LogP contribution in [0.5, 0.6) is 0 Å². The Kier molecular flexibility index (Phi) is 4.76. The lowest BCUT2D eigenvalue weighted by Crippen LogP contribution is -2.16. The number of rotatable bonds is 6. The highest BCUT2D eigenvalue weighted by Crippen LogP contribution is 2.39. The van der Waals surface area contributed by atoms with E-state index in [2.05, 4.69) is 56.3 Å². The van der Waals surface area contributed by atoms with Crippen LogP contribution in [0.3, 0.4) is 0 Å². The van der Waals surface area contributed by atoms with E-state index < -0.39 is 5.97 Å². The molecule has 1 aliphatic carbocycles. The fraction of sp³-hybridized carbons (Fsp3) is 0.350. The molecule has 0 fully saturated rings. The second-order valence-electron chi connectivity index (χ2n) is 6.57. The third kappa shape index (κ3) is 3.61. The van der Waals surface area contributed by atoms with Gasteiger partial charge in [-0.15, -0.1) is 11.8 Å². The van der Waals surface area contributed by atoms with E-state index in [-0.39, 0.29) is 5.25 Å². The molecule has 0 amide bonds. The largest absolute Gasteiger partial charge is 0.480 e. The Morgan fingerprint density at radius 3 is 2.57 bits per heavy atom. The average Bonchev–Trinajstić information content (AvgIpc) is 2.88. The molecule has 0 saturated carbocycles. The number of hydrogen-bond acceptors (Lipinski definition) is 2. The van der Waals surface area contributed by atoms with E-state index >= 15 is 0 Å². The van der Waals surface area contributed by atoms with Gasteiger partial charge < -0.3 is 5.11 Å². The lowest BCUT2D eigenvalue weighted by atomic mass is 10.1. The van der Waals surface area contributed by atoms with Crippen molar-refractivity contribution in [3.8, 4) is 11.1 Å². The summed E-state index contributed by atoms with van der Waals surface area (Å²) in [6, 6.07) is 14.9. The predicted molar refractivity (Wildman–Crippen MR) is 96.0 cm³/mol. The van der Waals surface area contributed by atoms with Crippen LogP contribution in [0.4, 0.5) is 0 Å². The van der Waals surface area contributed by atoms with E-state index in [0.717, 1.165) is 24.2 Å². The van der Waals surface area contributed by atoms with Crippen molar-refractivity contribution >= 4 is 17.7 Å².